The van der Waals surface area contributed by atoms with Crippen LogP contribution in [-0.4, -0.2) is 33.8 Å². The smallest absolute Gasteiger partial charge is 0.307 e. The molecule has 1 saturated carbocycles. The van der Waals surface area contributed by atoms with Crippen molar-refractivity contribution >= 4 is 17.8 Å². The molecule has 1 unspecified atom stereocenters. The minimum absolute atomic E-state index is 0.0168. The van der Waals surface area contributed by atoms with Gasteiger partial charge in [0.25, 0.3) is 11.8 Å². The number of hydrogen-bond donors (Lipinski definition) is 1. The van der Waals surface area contributed by atoms with Crippen LogP contribution in [0.3, 0.4) is 0 Å². The molecule has 3 atom stereocenters. The van der Waals surface area contributed by atoms with Crippen LogP contribution in [0, 0.1) is 17.3 Å². The number of carbonyl (C=O) groups is 3. The monoisotopic (exact) mass is 329 g/mol. The number of rotatable bonds is 3. The van der Waals surface area contributed by atoms with Crippen LogP contribution in [0.2, 0.25) is 0 Å². The lowest BCUT2D eigenvalue weighted by Crippen LogP contribution is -2.39. The van der Waals surface area contributed by atoms with Crippen molar-refractivity contribution in [3.8, 4) is 0 Å². The SMILES string of the molecule is CC(C)(C)C(C(=O)O)[C@H]1CC[C@H](N2C(=O)c3ccccc3C2=O)C1. The van der Waals surface area contributed by atoms with Crippen molar-refractivity contribution in [1.82, 2.24) is 4.90 Å². The van der Waals surface area contributed by atoms with Gasteiger partial charge in [0.05, 0.1) is 17.0 Å². The third-order valence-corrected chi connectivity index (χ3v) is 5.31. The Balaban J connectivity index is 1.81. The molecule has 1 aromatic carbocycles. The molecule has 0 spiro atoms. The molecule has 1 N–H and O–H groups in total. The molecule has 5 nitrogen and oxygen atoms in total. The number of amides is 2. The van der Waals surface area contributed by atoms with Gasteiger partial charge in [-0.3, -0.25) is 19.3 Å². The quantitative estimate of drug-likeness (QED) is 0.864. The third kappa shape index (κ3) is 2.62. The standard InChI is InChI=1S/C19H23NO4/c1-19(2,3)15(18(23)24)11-8-9-12(10-11)20-16(21)13-6-4-5-7-14(13)17(20)22/h4-7,11-12,15H,8-10H2,1-3H3,(H,23,24)/t11-,12-,15?/m0/s1. The van der Waals surface area contributed by atoms with E-state index < -0.39 is 11.9 Å². The first-order valence-corrected chi connectivity index (χ1v) is 8.41. The number of benzene rings is 1. The van der Waals surface area contributed by atoms with Crippen LogP contribution in [0.15, 0.2) is 24.3 Å². The van der Waals surface area contributed by atoms with Crippen molar-refractivity contribution in [2.75, 3.05) is 0 Å². The van der Waals surface area contributed by atoms with Gasteiger partial charge in [-0.2, -0.15) is 0 Å². The van der Waals surface area contributed by atoms with E-state index in [1.165, 1.54) is 4.90 Å². The highest BCUT2D eigenvalue weighted by molar-refractivity contribution is 6.21. The summed E-state index contributed by atoms with van der Waals surface area (Å²) < 4.78 is 0. The van der Waals surface area contributed by atoms with Crippen LogP contribution in [0.5, 0.6) is 0 Å². The van der Waals surface area contributed by atoms with Gasteiger partial charge < -0.3 is 5.11 Å². The Morgan fingerprint density at radius 1 is 1.12 bits per heavy atom. The topological polar surface area (TPSA) is 74.7 Å². The van der Waals surface area contributed by atoms with Gasteiger partial charge in [0, 0.05) is 6.04 Å². The minimum Gasteiger partial charge on any atom is -0.481 e. The summed E-state index contributed by atoms with van der Waals surface area (Å²) in [7, 11) is 0. The van der Waals surface area contributed by atoms with E-state index in [1.807, 2.05) is 20.8 Å². The van der Waals surface area contributed by atoms with Crippen molar-refractivity contribution in [1.29, 1.82) is 0 Å². The second-order valence-corrected chi connectivity index (χ2v) is 7.93. The lowest BCUT2D eigenvalue weighted by Gasteiger charge is -2.32. The van der Waals surface area contributed by atoms with Crippen molar-refractivity contribution in [3.05, 3.63) is 35.4 Å². The fourth-order valence-corrected chi connectivity index (χ4v) is 4.35. The van der Waals surface area contributed by atoms with E-state index in [4.69, 9.17) is 0 Å². The highest BCUT2D eigenvalue weighted by Gasteiger charge is 2.47. The number of hydrogen-bond acceptors (Lipinski definition) is 3. The fraction of sp³-hybridized carbons (Fsp3) is 0.526. The molecule has 1 heterocycles. The maximum atomic E-state index is 12.6. The Morgan fingerprint density at radius 3 is 2.12 bits per heavy atom. The van der Waals surface area contributed by atoms with E-state index in [9.17, 15) is 19.5 Å². The molecule has 0 saturated heterocycles. The van der Waals surface area contributed by atoms with Crippen LogP contribution in [0.25, 0.3) is 0 Å². The maximum Gasteiger partial charge on any atom is 0.307 e. The average Bonchev–Trinajstić information content (AvgIpc) is 3.02. The Labute approximate surface area is 141 Å². The Kier molecular flexibility index (Phi) is 3.98. The molecule has 1 aliphatic heterocycles. The van der Waals surface area contributed by atoms with Gasteiger partial charge in [0.2, 0.25) is 0 Å². The van der Waals surface area contributed by atoms with Crippen molar-refractivity contribution in [2.45, 2.75) is 46.1 Å². The zero-order valence-corrected chi connectivity index (χ0v) is 14.3. The van der Waals surface area contributed by atoms with Gasteiger partial charge in [0.15, 0.2) is 0 Å². The van der Waals surface area contributed by atoms with E-state index >= 15 is 0 Å². The summed E-state index contributed by atoms with van der Waals surface area (Å²) in [6, 6.07) is 6.66. The minimum atomic E-state index is -0.796. The Morgan fingerprint density at radius 2 is 1.67 bits per heavy atom. The highest BCUT2D eigenvalue weighted by Crippen LogP contribution is 2.43. The van der Waals surface area contributed by atoms with E-state index in [1.54, 1.807) is 24.3 Å². The molecule has 128 valence electrons. The number of imide groups is 1. The summed E-state index contributed by atoms with van der Waals surface area (Å²) in [6.07, 6.45) is 1.97. The van der Waals surface area contributed by atoms with Crippen LogP contribution < -0.4 is 0 Å². The Hall–Kier alpha value is -2.17. The van der Waals surface area contributed by atoms with Crippen molar-refractivity contribution in [2.24, 2.45) is 17.3 Å². The van der Waals surface area contributed by atoms with Gasteiger partial charge in [-0.15, -0.1) is 0 Å². The molecule has 24 heavy (non-hydrogen) atoms. The van der Waals surface area contributed by atoms with Crippen molar-refractivity contribution < 1.29 is 19.5 Å². The summed E-state index contributed by atoms with van der Waals surface area (Å²) in [6.45, 7) is 5.80. The lowest BCUT2D eigenvalue weighted by molar-refractivity contribution is -0.148. The predicted molar refractivity (Wildman–Crippen MR) is 88.7 cm³/mol. The summed E-state index contributed by atoms with van der Waals surface area (Å²) in [4.78, 5) is 38.3. The van der Waals surface area contributed by atoms with Crippen LogP contribution in [0.4, 0.5) is 0 Å². The van der Waals surface area contributed by atoms with Crippen LogP contribution >= 0.6 is 0 Å². The molecular weight excluding hydrogens is 306 g/mol. The lowest BCUT2D eigenvalue weighted by atomic mass is 9.72. The van der Waals surface area contributed by atoms with Gasteiger partial charge in [-0.1, -0.05) is 32.9 Å². The molecule has 2 aliphatic rings. The molecule has 0 radical (unpaired) electrons. The molecule has 1 aromatic rings. The number of carboxylic acids is 1. The zero-order chi connectivity index (χ0) is 17.6. The van der Waals surface area contributed by atoms with Crippen molar-refractivity contribution in [3.63, 3.8) is 0 Å². The largest absolute Gasteiger partial charge is 0.481 e. The zero-order valence-electron chi connectivity index (χ0n) is 14.3. The fourth-order valence-electron chi connectivity index (χ4n) is 4.35. The van der Waals surface area contributed by atoms with E-state index in [0.717, 1.165) is 6.42 Å². The van der Waals surface area contributed by atoms with E-state index in [2.05, 4.69) is 0 Å². The highest BCUT2D eigenvalue weighted by atomic mass is 16.4. The molecular formula is C19H23NO4. The first-order valence-electron chi connectivity index (χ1n) is 8.41. The van der Waals surface area contributed by atoms with Crippen LogP contribution in [0.1, 0.15) is 60.7 Å². The first kappa shape index (κ1) is 16.7. The summed E-state index contributed by atoms with van der Waals surface area (Å²) in [5.41, 5.74) is 0.556. The normalized spacial score (nSPS) is 25.0. The molecule has 0 aromatic heterocycles. The number of nitrogens with zero attached hydrogens (tertiary/aromatic N) is 1. The molecule has 3 rings (SSSR count). The number of aliphatic carboxylic acids is 1. The van der Waals surface area contributed by atoms with E-state index in [-0.39, 0.29) is 29.2 Å². The summed E-state index contributed by atoms with van der Waals surface area (Å²) >= 11 is 0. The second-order valence-electron chi connectivity index (χ2n) is 7.93. The van der Waals surface area contributed by atoms with Gasteiger partial charge in [-0.25, -0.2) is 0 Å². The first-order chi connectivity index (χ1) is 11.2. The van der Waals surface area contributed by atoms with E-state index in [0.29, 0.717) is 24.0 Å². The second kappa shape index (κ2) is 5.72. The predicted octanol–water partition coefficient (Wildman–Crippen LogP) is 3.20. The average molecular weight is 329 g/mol. The molecule has 2 amide bonds. The number of carbonyl (C=O) groups excluding carboxylic acids is 2. The van der Waals surface area contributed by atoms with Crippen LogP contribution in [-0.2, 0) is 4.79 Å². The molecule has 5 heteroatoms. The molecule has 1 fully saturated rings. The Bertz CT molecular complexity index is 669. The number of fused-ring (bicyclic) bond motifs is 1. The van der Waals surface area contributed by atoms with Gasteiger partial charge >= 0.3 is 5.97 Å². The summed E-state index contributed by atoms with van der Waals surface area (Å²) in [5, 5.41) is 9.62. The number of carboxylic acid groups (broad SMARTS) is 1. The van der Waals surface area contributed by atoms with Gasteiger partial charge in [0.1, 0.15) is 0 Å². The molecule has 1 aliphatic carbocycles. The summed E-state index contributed by atoms with van der Waals surface area (Å²) in [5.74, 6) is -1.78. The van der Waals surface area contributed by atoms with Gasteiger partial charge in [-0.05, 0) is 42.7 Å². The molecule has 0 bridgehead atoms. The third-order valence-electron chi connectivity index (χ3n) is 5.31. The maximum absolute atomic E-state index is 12.6.